The van der Waals surface area contributed by atoms with Gasteiger partial charge in [-0.15, -0.1) is 0 Å². The third-order valence-corrected chi connectivity index (χ3v) is 4.67. The SMILES string of the molecule is O=C(CCc1ccccc1)c1ccccc1OC[C@H](O)CN1CCOCC1. The lowest BCUT2D eigenvalue weighted by Crippen LogP contribution is -2.42. The normalized spacial score (nSPS) is 16.0. The number of ether oxygens (including phenoxy) is 2. The van der Waals surface area contributed by atoms with Gasteiger partial charge in [0.05, 0.1) is 18.8 Å². The number of β-amino-alcohol motifs (C(OH)–C–C–N with tert-alkyl or cyclic N) is 1. The highest BCUT2D eigenvalue weighted by molar-refractivity contribution is 5.98. The summed E-state index contributed by atoms with van der Waals surface area (Å²) in [5.41, 5.74) is 1.72. The molecule has 1 aliphatic heterocycles. The summed E-state index contributed by atoms with van der Waals surface area (Å²) in [7, 11) is 0. The van der Waals surface area contributed by atoms with Gasteiger partial charge in [-0.25, -0.2) is 0 Å². The summed E-state index contributed by atoms with van der Waals surface area (Å²) in [4.78, 5) is 14.8. The van der Waals surface area contributed by atoms with Gasteiger partial charge < -0.3 is 14.6 Å². The van der Waals surface area contributed by atoms with Crippen LogP contribution in [0.1, 0.15) is 22.3 Å². The van der Waals surface area contributed by atoms with Crippen LogP contribution in [0.3, 0.4) is 0 Å². The Kier molecular flexibility index (Phi) is 7.39. The van der Waals surface area contributed by atoms with E-state index in [1.54, 1.807) is 12.1 Å². The largest absolute Gasteiger partial charge is 0.490 e. The van der Waals surface area contributed by atoms with Crippen molar-refractivity contribution in [2.45, 2.75) is 18.9 Å². The lowest BCUT2D eigenvalue weighted by Gasteiger charge is -2.28. The van der Waals surface area contributed by atoms with Gasteiger partial charge in [0.1, 0.15) is 18.5 Å². The number of carbonyl (C=O) groups is 1. The number of benzene rings is 2. The van der Waals surface area contributed by atoms with E-state index < -0.39 is 6.10 Å². The van der Waals surface area contributed by atoms with E-state index in [-0.39, 0.29) is 12.4 Å². The van der Waals surface area contributed by atoms with Crippen molar-refractivity contribution in [3.63, 3.8) is 0 Å². The number of aliphatic hydroxyl groups is 1. The van der Waals surface area contributed by atoms with Crippen molar-refractivity contribution in [2.24, 2.45) is 0 Å². The zero-order valence-electron chi connectivity index (χ0n) is 15.5. The zero-order chi connectivity index (χ0) is 18.9. The number of carbonyl (C=O) groups excluding carboxylic acids is 1. The fourth-order valence-electron chi connectivity index (χ4n) is 3.18. The van der Waals surface area contributed by atoms with E-state index in [4.69, 9.17) is 9.47 Å². The van der Waals surface area contributed by atoms with Gasteiger partial charge in [-0.05, 0) is 24.1 Å². The first-order valence-electron chi connectivity index (χ1n) is 9.49. The second-order valence-electron chi connectivity index (χ2n) is 6.78. The van der Waals surface area contributed by atoms with Gasteiger partial charge in [-0.1, -0.05) is 42.5 Å². The molecule has 0 amide bonds. The number of hydrogen-bond donors (Lipinski definition) is 1. The van der Waals surface area contributed by atoms with Crippen LogP contribution in [0.2, 0.25) is 0 Å². The Morgan fingerprint density at radius 1 is 1.07 bits per heavy atom. The number of ketones is 1. The van der Waals surface area contributed by atoms with E-state index in [9.17, 15) is 9.90 Å². The Bertz CT molecular complexity index is 713. The number of rotatable bonds is 9. The zero-order valence-corrected chi connectivity index (χ0v) is 15.5. The minimum atomic E-state index is -0.601. The standard InChI is InChI=1S/C22H27NO4/c24-19(16-23-12-14-26-15-13-23)17-27-22-9-5-4-8-20(22)21(25)11-10-18-6-2-1-3-7-18/h1-9,19,24H,10-17H2/t19-/m1/s1. The Balaban J connectivity index is 1.52. The van der Waals surface area contributed by atoms with Crippen LogP contribution in [-0.2, 0) is 11.2 Å². The predicted octanol–water partition coefficient (Wildman–Crippen LogP) is 2.57. The van der Waals surface area contributed by atoms with Crippen LogP contribution in [0.15, 0.2) is 54.6 Å². The molecule has 0 spiro atoms. The molecule has 27 heavy (non-hydrogen) atoms. The van der Waals surface area contributed by atoms with E-state index in [1.807, 2.05) is 42.5 Å². The van der Waals surface area contributed by atoms with Crippen molar-refractivity contribution < 1.29 is 19.4 Å². The van der Waals surface area contributed by atoms with E-state index in [0.29, 0.717) is 43.9 Å². The number of hydrogen-bond acceptors (Lipinski definition) is 5. The molecule has 0 bridgehead atoms. The van der Waals surface area contributed by atoms with Crippen LogP contribution in [0.5, 0.6) is 5.75 Å². The maximum absolute atomic E-state index is 12.6. The van der Waals surface area contributed by atoms with Gasteiger partial charge in [0.25, 0.3) is 0 Å². The highest BCUT2D eigenvalue weighted by Gasteiger charge is 2.17. The first kappa shape index (κ1) is 19.5. The molecule has 1 atom stereocenters. The van der Waals surface area contributed by atoms with E-state index in [0.717, 1.165) is 18.7 Å². The molecule has 3 rings (SSSR count). The van der Waals surface area contributed by atoms with Crippen LogP contribution in [-0.4, -0.2) is 61.3 Å². The average molecular weight is 369 g/mol. The molecule has 2 aromatic carbocycles. The Hall–Kier alpha value is -2.21. The summed E-state index contributed by atoms with van der Waals surface area (Å²) >= 11 is 0. The first-order chi connectivity index (χ1) is 13.2. The van der Waals surface area contributed by atoms with Gasteiger partial charge >= 0.3 is 0 Å². The minimum Gasteiger partial charge on any atom is -0.490 e. The molecule has 0 radical (unpaired) electrons. The quantitative estimate of drug-likeness (QED) is 0.689. The van der Waals surface area contributed by atoms with Crippen molar-refractivity contribution in [1.29, 1.82) is 0 Å². The average Bonchev–Trinajstić information content (AvgIpc) is 2.72. The number of nitrogens with zero attached hydrogens (tertiary/aromatic N) is 1. The summed E-state index contributed by atoms with van der Waals surface area (Å²) < 4.78 is 11.1. The summed E-state index contributed by atoms with van der Waals surface area (Å²) in [6.07, 6.45) is 0.532. The molecule has 5 heteroatoms. The second-order valence-corrected chi connectivity index (χ2v) is 6.78. The molecule has 1 fully saturated rings. The van der Waals surface area contributed by atoms with Crippen molar-refractivity contribution in [3.05, 3.63) is 65.7 Å². The van der Waals surface area contributed by atoms with E-state index in [2.05, 4.69) is 4.90 Å². The third kappa shape index (κ3) is 6.17. The molecule has 0 aliphatic carbocycles. The molecule has 144 valence electrons. The van der Waals surface area contributed by atoms with Crippen molar-refractivity contribution in [3.8, 4) is 5.75 Å². The molecule has 1 N–H and O–H groups in total. The van der Waals surface area contributed by atoms with Gasteiger partial charge in [-0.2, -0.15) is 0 Å². The molecule has 5 nitrogen and oxygen atoms in total. The molecular formula is C22H27NO4. The molecule has 1 saturated heterocycles. The molecular weight excluding hydrogens is 342 g/mol. The Morgan fingerprint density at radius 3 is 2.56 bits per heavy atom. The summed E-state index contributed by atoms with van der Waals surface area (Å²) in [6, 6.07) is 17.2. The molecule has 1 aliphatic rings. The van der Waals surface area contributed by atoms with E-state index in [1.165, 1.54) is 0 Å². The monoisotopic (exact) mass is 369 g/mol. The number of aryl methyl sites for hydroxylation is 1. The maximum atomic E-state index is 12.6. The van der Waals surface area contributed by atoms with Crippen LogP contribution in [0.4, 0.5) is 0 Å². The molecule has 2 aromatic rings. The number of aliphatic hydroxyl groups excluding tert-OH is 1. The smallest absolute Gasteiger partial charge is 0.166 e. The highest BCUT2D eigenvalue weighted by atomic mass is 16.5. The van der Waals surface area contributed by atoms with Crippen molar-refractivity contribution in [2.75, 3.05) is 39.5 Å². The lowest BCUT2D eigenvalue weighted by molar-refractivity contribution is 0.00457. The lowest BCUT2D eigenvalue weighted by atomic mass is 10.0. The minimum absolute atomic E-state index is 0.0529. The number of morpholine rings is 1. The van der Waals surface area contributed by atoms with Crippen LogP contribution in [0, 0.1) is 0 Å². The van der Waals surface area contributed by atoms with Crippen LogP contribution < -0.4 is 4.74 Å². The number of para-hydroxylation sites is 1. The molecule has 0 saturated carbocycles. The van der Waals surface area contributed by atoms with Crippen LogP contribution >= 0.6 is 0 Å². The molecule has 0 aromatic heterocycles. The van der Waals surface area contributed by atoms with E-state index >= 15 is 0 Å². The summed E-state index contributed by atoms with van der Waals surface area (Å²) in [5.74, 6) is 0.591. The van der Waals surface area contributed by atoms with Gasteiger partial charge in [0.2, 0.25) is 0 Å². The topological polar surface area (TPSA) is 59.0 Å². The summed E-state index contributed by atoms with van der Waals surface area (Å²) in [5, 5.41) is 10.3. The highest BCUT2D eigenvalue weighted by Crippen LogP contribution is 2.21. The van der Waals surface area contributed by atoms with Gasteiger partial charge in [0, 0.05) is 26.1 Å². The van der Waals surface area contributed by atoms with Gasteiger partial charge in [-0.3, -0.25) is 9.69 Å². The first-order valence-corrected chi connectivity index (χ1v) is 9.49. The van der Waals surface area contributed by atoms with Crippen LogP contribution in [0.25, 0.3) is 0 Å². The number of Topliss-reactive ketones (excluding diaryl/α,β-unsaturated/α-hetero) is 1. The molecule has 1 heterocycles. The second kappa shape index (κ2) is 10.2. The predicted molar refractivity (Wildman–Crippen MR) is 104 cm³/mol. The third-order valence-electron chi connectivity index (χ3n) is 4.67. The van der Waals surface area contributed by atoms with Crippen molar-refractivity contribution >= 4 is 5.78 Å². The Morgan fingerprint density at radius 2 is 1.78 bits per heavy atom. The summed E-state index contributed by atoms with van der Waals surface area (Å²) in [6.45, 7) is 3.77. The van der Waals surface area contributed by atoms with Crippen molar-refractivity contribution in [1.82, 2.24) is 4.90 Å². The molecule has 0 unspecified atom stereocenters. The Labute approximate surface area is 160 Å². The fraction of sp³-hybridized carbons (Fsp3) is 0.409. The maximum Gasteiger partial charge on any atom is 0.166 e. The fourth-order valence-corrected chi connectivity index (χ4v) is 3.18. The van der Waals surface area contributed by atoms with Gasteiger partial charge in [0.15, 0.2) is 5.78 Å².